The van der Waals surface area contributed by atoms with Crippen LogP contribution in [0.3, 0.4) is 0 Å². The first-order chi connectivity index (χ1) is 12.5. The number of nitrogens with one attached hydrogen (secondary N) is 1. The van der Waals surface area contributed by atoms with Gasteiger partial charge in [-0.25, -0.2) is 9.87 Å². The molecular formula is C19H19FN2O3S. The third-order valence-electron chi connectivity index (χ3n) is 4.05. The molecule has 1 aliphatic rings. The number of aryl methyl sites for hydroxylation is 1. The second-order valence-corrected chi connectivity index (χ2v) is 6.91. The molecule has 3 rings (SSSR count). The maximum Gasteiger partial charge on any atom is 0.274 e. The van der Waals surface area contributed by atoms with E-state index in [4.69, 9.17) is 4.84 Å². The number of halogens is 1. The van der Waals surface area contributed by atoms with E-state index in [0.717, 1.165) is 16.8 Å². The van der Waals surface area contributed by atoms with Crippen LogP contribution in [-0.2, 0) is 9.63 Å². The molecule has 7 heteroatoms. The minimum absolute atomic E-state index is 0.0149. The summed E-state index contributed by atoms with van der Waals surface area (Å²) in [5.41, 5.74) is 5.21. The van der Waals surface area contributed by atoms with Gasteiger partial charge in [0.15, 0.2) is 0 Å². The van der Waals surface area contributed by atoms with Crippen molar-refractivity contribution in [3.8, 4) is 0 Å². The van der Waals surface area contributed by atoms with E-state index in [0.29, 0.717) is 17.9 Å². The lowest BCUT2D eigenvalue weighted by atomic mass is 10.1. The van der Waals surface area contributed by atoms with Gasteiger partial charge in [0, 0.05) is 11.3 Å². The molecule has 136 valence electrons. The lowest BCUT2D eigenvalue weighted by Gasteiger charge is -2.26. The average molecular weight is 374 g/mol. The first kappa shape index (κ1) is 18.4. The van der Waals surface area contributed by atoms with Gasteiger partial charge in [0.05, 0.1) is 12.4 Å². The summed E-state index contributed by atoms with van der Waals surface area (Å²) in [6, 6.07) is 11.3. The Balaban J connectivity index is 1.89. The van der Waals surface area contributed by atoms with Gasteiger partial charge < -0.3 is 0 Å². The minimum Gasteiger partial charge on any atom is -0.295 e. The zero-order chi connectivity index (χ0) is 18.7. The highest BCUT2D eigenvalue weighted by molar-refractivity contribution is 8.00. The molecule has 0 spiro atoms. The van der Waals surface area contributed by atoms with Crippen LogP contribution in [0.15, 0.2) is 42.5 Å². The van der Waals surface area contributed by atoms with Crippen molar-refractivity contribution >= 4 is 29.3 Å². The standard InChI is InChI=1S/C19H19FN2O3S/c1-3-25-21-18(24)14-6-9-16(12(2)10-14)22-17(23)11-26-19(22)13-4-7-15(20)8-5-13/h4-10,19H,3,11H2,1-2H3,(H,21,24). The molecule has 26 heavy (non-hydrogen) atoms. The molecule has 0 aliphatic carbocycles. The van der Waals surface area contributed by atoms with E-state index in [9.17, 15) is 14.0 Å². The lowest BCUT2D eigenvalue weighted by Crippen LogP contribution is -2.29. The van der Waals surface area contributed by atoms with Gasteiger partial charge in [-0.2, -0.15) is 0 Å². The highest BCUT2D eigenvalue weighted by Crippen LogP contribution is 2.42. The van der Waals surface area contributed by atoms with E-state index in [1.807, 2.05) is 6.92 Å². The van der Waals surface area contributed by atoms with Crippen LogP contribution in [0.25, 0.3) is 0 Å². The summed E-state index contributed by atoms with van der Waals surface area (Å²) in [5.74, 6) is -0.304. The molecule has 1 aliphatic heterocycles. The Morgan fingerprint density at radius 2 is 2.04 bits per heavy atom. The molecule has 0 bridgehead atoms. The molecule has 1 heterocycles. The Morgan fingerprint density at radius 3 is 2.69 bits per heavy atom. The summed E-state index contributed by atoms with van der Waals surface area (Å²) in [5, 5.41) is -0.218. The van der Waals surface area contributed by atoms with Crippen molar-refractivity contribution in [1.29, 1.82) is 0 Å². The molecule has 0 aromatic heterocycles. The molecule has 1 fully saturated rings. The Labute approximate surface area is 155 Å². The molecule has 2 aromatic rings. The van der Waals surface area contributed by atoms with Crippen molar-refractivity contribution in [3.63, 3.8) is 0 Å². The van der Waals surface area contributed by atoms with Crippen LogP contribution in [0.5, 0.6) is 0 Å². The van der Waals surface area contributed by atoms with E-state index in [1.54, 1.807) is 42.2 Å². The summed E-state index contributed by atoms with van der Waals surface area (Å²) in [6.07, 6.45) is 0. The van der Waals surface area contributed by atoms with Crippen molar-refractivity contribution in [2.24, 2.45) is 0 Å². The Bertz CT molecular complexity index is 826. The van der Waals surface area contributed by atoms with Gasteiger partial charge in [0.2, 0.25) is 5.91 Å². The molecule has 2 aromatic carbocycles. The van der Waals surface area contributed by atoms with Crippen molar-refractivity contribution in [1.82, 2.24) is 5.48 Å². The molecule has 1 N–H and O–H groups in total. The van der Waals surface area contributed by atoms with Gasteiger partial charge in [0.25, 0.3) is 5.91 Å². The number of carbonyl (C=O) groups excluding carboxylic acids is 2. The zero-order valence-corrected chi connectivity index (χ0v) is 15.3. The summed E-state index contributed by atoms with van der Waals surface area (Å²) < 4.78 is 13.2. The lowest BCUT2D eigenvalue weighted by molar-refractivity contribution is -0.115. The molecule has 1 atom stereocenters. The van der Waals surface area contributed by atoms with Gasteiger partial charge >= 0.3 is 0 Å². The summed E-state index contributed by atoms with van der Waals surface area (Å²) in [6.45, 7) is 4.01. The zero-order valence-electron chi connectivity index (χ0n) is 14.5. The number of benzene rings is 2. The normalized spacial score (nSPS) is 16.8. The first-order valence-corrected chi connectivity index (χ1v) is 9.28. The van der Waals surface area contributed by atoms with Crippen LogP contribution in [0.2, 0.25) is 0 Å². The van der Waals surface area contributed by atoms with Crippen LogP contribution in [0, 0.1) is 12.7 Å². The van der Waals surface area contributed by atoms with Crippen molar-refractivity contribution in [3.05, 3.63) is 65.0 Å². The average Bonchev–Trinajstić information content (AvgIpc) is 3.01. The molecule has 5 nitrogen and oxygen atoms in total. The predicted octanol–water partition coefficient (Wildman–Crippen LogP) is 3.59. The summed E-state index contributed by atoms with van der Waals surface area (Å²) >= 11 is 1.50. The number of amides is 2. The number of hydrogen-bond donors (Lipinski definition) is 1. The van der Waals surface area contributed by atoms with Crippen LogP contribution in [0.1, 0.15) is 33.8 Å². The fourth-order valence-corrected chi connectivity index (χ4v) is 3.99. The van der Waals surface area contributed by atoms with Crippen LogP contribution < -0.4 is 10.4 Å². The van der Waals surface area contributed by atoms with Gasteiger partial charge in [-0.05, 0) is 55.3 Å². The van der Waals surface area contributed by atoms with E-state index in [2.05, 4.69) is 5.48 Å². The second-order valence-electron chi connectivity index (χ2n) is 5.84. The third kappa shape index (κ3) is 3.73. The Kier molecular flexibility index (Phi) is 5.58. The van der Waals surface area contributed by atoms with Crippen LogP contribution >= 0.6 is 11.8 Å². The number of thioether (sulfide) groups is 1. The number of rotatable bonds is 5. The predicted molar refractivity (Wildman–Crippen MR) is 99.4 cm³/mol. The van der Waals surface area contributed by atoms with Gasteiger partial charge in [-0.3, -0.25) is 19.3 Å². The highest BCUT2D eigenvalue weighted by atomic mass is 32.2. The highest BCUT2D eigenvalue weighted by Gasteiger charge is 2.34. The van der Waals surface area contributed by atoms with Crippen molar-refractivity contribution in [2.75, 3.05) is 17.3 Å². The number of nitrogens with zero attached hydrogens (tertiary/aromatic N) is 1. The van der Waals surface area contributed by atoms with Gasteiger partial charge in [0.1, 0.15) is 11.2 Å². The van der Waals surface area contributed by atoms with Crippen LogP contribution in [-0.4, -0.2) is 24.2 Å². The summed E-state index contributed by atoms with van der Waals surface area (Å²) in [4.78, 5) is 31.1. The molecule has 0 saturated carbocycles. The topological polar surface area (TPSA) is 58.6 Å². The molecule has 1 unspecified atom stereocenters. The monoisotopic (exact) mass is 374 g/mol. The Morgan fingerprint density at radius 1 is 1.31 bits per heavy atom. The maximum absolute atomic E-state index is 13.2. The Hall–Kier alpha value is -2.38. The SMILES string of the molecule is CCONC(=O)c1ccc(N2C(=O)CSC2c2ccc(F)cc2)c(C)c1. The number of anilines is 1. The smallest absolute Gasteiger partial charge is 0.274 e. The molecule has 2 amide bonds. The van der Waals surface area contributed by atoms with Gasteiger partial charge in [-0.1, -0.05) is 12.1 Å². The fraction of sp³-hybridized carbons (Fsp3) is 0.263. The van der Waals surface area contributed by atoms with E-state index in [-0.39, 0.29) is 23.0 Å². The molecule has 1 saturated heterocycles. The van der Waals surface area contributed by atoms with Crippen molar-refractivity contribution in [2.45, 2.75) is 19.2 Å². The first-order valence-electron chi connectivity index (χ1n) is 8.23. The number of hydrogen-bond acceptors (Lipinski definition) is 4. The van der Waals surface area contributed by atoms with Crippen LogP contribution in [0.4, 0.5) is 10.1 Å². The van der Waals surface area contributed by atoms with E-state index in [1.165, 1.54) is 23.9 Å². The number of hydroxylamine groups is 1. The second kappa shape index (κ2) is 7.88. The maximum atomic E-state index is 13.2. The molecule has 0 radical (unpaired) electrons. The number of carbonyl (C=O) groups is 2. The fourth-order valence-electron chi connectivity index (χ4n) is 2.82. The molecular weight excluding hydrogens is 355 g/mol. The van der Waals surface area contributed by atoms with E-state index >= 15 is 0 Å². The summed E-state index contributed by atoms with van der Waals surface area (Å²) in [7, 11) is 0. The van der Waals surface area contributed by atoms with E-state index < -0.39 is 0 Å². The largest absolute Gasteiger partial charge is 0.295 e. The van der Waals surface area contributed by atoms with Crippen molar-refractivity contribution < 1.29 is 18.8 Å². The van der Waals surface area contributed by atoms with Gasteiger partial charge in [-0.15, -0.1) is 11.8 Å². The minimum atomic E-state index is -0.335. The third-order valence-corrected chi connectivity index (χ3v) is 5.26. The quantitative estimate of drug-likeness (QED) is 0.813.